The Kier molecular flexibility index (Phi) is 5.43. The lowest BCUT2D eigenvalue weighted by Gasteiger charge is -2.12. The Bertz CT molecular complexity index is 743. The summed E-state index contributed by atoms with van der Waals surface area (Å²) in [5.41, 5.74) is 1.41. The van der Waals surface area contributed by atoms with Gasteiger partial charge in [-0.05, 0) is 38.2 Å². The summed E-state index contributed by atoms with van der Waals surface area (Å²) < 4.78 is 5.14. The highest BCUT2D eigenvalue weighted by Gasteiger charge is 2.34. The molecule has 0 unspecified atom stereocenters. The first-order chi connectivity index (χ1) is 12.0. The lowest BCUT2D eigenvalue weighted by atomic mass is 9.95. The lowest BCUT2D eigenvalue weighted by Crippen LogP contribution is -2.27. The first-order valence-corrected chi connectivity index (χ1v) is 9.82. The molecule has 1 aromatic heterocycles. The van der Waals surface area contributed by atoms with E-state index < -0.39 is 28.3 Å². The summed E-state index contributed by atoms with van der Waals surface area (Å²) in [6.07, 6.45) is 3.63. The summed E-state index contributed by atoms with van der Waals surface area (Å²) in [7, 11) is 0. The number of nitrogens with one attached hydrogen (secondary N) is 2. The molecule has 3 amide bonds. The molecule has 1 aliphatic heterocycles. The van der Waals surface area contributed by atoms with Crippen LogP contribution in [0.5, 0.6) is 0 Å². The van der Waals surface area contributed by atoms with Crippen molar-refractivity contribution in [1.29, 1.82) is 0 Å². The van der Waals surface area contributed by atoms with Gasteiger partial charge in [0.2, 0.25) is 11.8 Å². The average Bonchev–Trinajstić information content (AvgIpc) is 3.06. The van der Waals surface area contributed by atoms with Gasteiger partial charge in [0.1, 0.15) is 10.3 Å². The molecule has 0 aromatic carbocycles. The van der Waals surface area contributed by atoms with E-state index in [1.54, 1.807) is 6.92 Å². The van der Waals surface area contributed by atoms with Gasteiger partial charge in [0, 0.05) is 11.3 Å². The second-order valence-electron chi connectivity index (χ2n) is 5.77. The van der Waals surface area contributed by atoms with Crippen LogP contribution in [-0.2, 0) is 27.2 Å². The van der Waals surface area contributed by atoms with Crippen molar-refractivity contribution >= 4 is 51.1 Å². The standard InChI is InChI=1S/C16H18N2O5S2/c1-2-23-15(21)12-8-5-3-4-6-9(8)24-14(12)17-11(19)7-10-13(20)18-16(22)25-10/h10H,2-7H2,1H3,(H,17,19)(H,18,20,22)/t10-/m1/s1. The maximum atomic E-state index is 12.3. The van der Waals surface area contributed by atoms with Gasteiger partial charge in [0.15, 0.2) is 0 Å². The molecule has 0 spiro atoms. The number of esters is 1. The van der Waals surface area contributed by atoms with Gasteiger partial charge >= 0.3 is 5.97 Å². The number of carbonyl (C=O) groups excluding carboxylic acids is 4. The highest BCUT2D eigenvalue weighted by Crippen LogP contribution is 2.38. The van der Waals surface area contributed by atoms with E-state index in [-0.39, 0.29) is 13.0 Å². The highest BCUT2D eigenvalue weighted by atomic mass is 32.2. The van der Waals surface area contributed by atoms with E-state index in [2.05, 4.69) is 10.6 Å². The minimum absolute atomic E-state index is 0.118. The van der Waals surface area contributed by atoms with Crippen molar-refractivity contribution in [3.8, 4) is 0 Å². The summed E-state index contributed by atoms with van der Waals surface area (Å²) in [6.45, 7) is 2.00. The van der Waals surface area contributed by atoms with Crippen molar-refractivity contribution in [3.63, 3.8) is 0 Å². The molecule has 9 heteroatoms. The van der Waals surface area contributed by atoms with E-state index in [1.165, 1.54) is 11.3 Å². The summed E-state index contributed by atoms with van der Waals surface area (Å²) in [5, 5.41) is 4.20. The maximum Gasteiger partial charge on any atom is 0.341 e. The summed E-state index contributed by atoms with van der Waals surface area (Å²) >= 11 is 2.21. The minimum atomic E-state index is -0.729. The quantitative estimate of drug-likeness (QED) is 0.759. The number of hydrogen-bond acceptors (Lipinski definition) is 7. The largest absolute Gasteiger partial charge is 0.462 e. The number of carbonyl (C=O) groups is 4. The predicted molar refractivity (Wildman–Crippen MR) is 95.1 cm³/mol. The average molecular weight is 382 g/mol. The number of thioether (sulfide) groups is 1. The maximum absolute atomic E-state index is 12.3. The van der Waals surface area contributed by atoms with Crippen molar-refractivity contribution in [1.82, 2.24) is 5.32 Å². The molecule has 134 valence electrons. The zero-order chi connectivity index (χ0) is 18.0. The smallest absolute Gasteiger partial charge is 0.341 e. The van der Waals surface area contributed by atoms with Crippen molar-refractivity contribution in [2.24, 2.45) is 0 Å². The molecule has 25 heavy (non-hydrogen) atoms. The fourth-order valence-corrected chi connectivity index (χ4v) is 5.06. The van der Waals surface area contributed by atoms with Crippen LogP contribution in [0.1, 0.15) is 47.0 Å². The van der Waals surface area contributed by atoms with Gasteiger partial charge in [0.25, 0.3) is 5.24 Å². The van der Waals surface area contributed by atoms with E-state index in [9.17, 15) is 19.2 Å². The second-order valence-corrected chi connectivity index (χ2v) is 8.05. The fourth-order valence-electron chi connectivity index (χ4n) is 2.95. The highest BCUT2D eigenvalue weighted by molar-refractivity contribution is 8.15. The van der Waals surface area contributed by atoms with Crippen molar-refractivity contribution in [3.05, 3.63) is 16.0 Å². The topological polar surface area (TPSA) is 102 Å². The van der Waals surface area contributed by atoms with Crippen molar-refractivity contribution in [2.75, 3.05) is 11.9 Å². The Balaban J connectivity index is 1.78. The molecule has 7 nitrogen and oxygen atoms in total. The minimum Gasteiger partial charge on any atom is -0.462 e. The molecule has 1 aromatic rings. The number of fused-ring (bicyclic) bond motifs is 1. The Labute approximate surface area is 152 Å². The zero-order valence-electron chi connectivity index (χ0n) is 13.7. The van der Waals surface area contributed by atoms with Gasteiger partial charge < -0.3 is 10.1 Å². The van der Waals surface area contributed by atoms with Crippen LogP contribution in [0, 0.1) is 0 Å². The Morgan fingerprint density at radius 3 is 2.72 bits per heavy atom. The van der Waals surface area contributed by atoms with Crippen molar-refractivity contribution in [2.45, 2.75) is 44.3 Å². The van der Waals surface area contributed by atoms with E-state index in [4.69, 9.17) is 4.74 Å². The molecule has 1 fully saturated rings. The number of thiophene rings is 1. The van der Waals surface area contributed by atoms with E-state index in [0.29, 0.717) is 10.6 Å². The van der Waals surface area contributed by atoms with E-state index >= 15 is 0 Å². The SMILES string of the molecule is CCOC(=O)c1c(NC(=O)C[C@H]2SC(=O)NC2=O)sc2c1CCCC2. The summed E-state index contributed by atoms with van der Waals surface area (Å²) in [4.78, 5) is 48.5. The van der Waals surface area contributed by atoms with Crippen LogP contribution in [0.25, 0.3) is 0 Å². The van der Waals surface area contributed by atoms with Crippen LogP contribution in [0.2, 0.25) is 0 Å². The third kappa shape index (κ3) is 3.87. The third-order valence-electron chi connectivity index (χ3n) is 4.04. The van der Waals surface area contributed by atoms with Crippen LogP contribution in [0.4, 0.5) is 9.80 Å². The number of anilines is 1. The monoisotopic (exact) mass is 382 g/mol. The van der Waals surface area contributed by atoms with Crippen LogP contribution < -0.4 is 10.6 Å². The Morgan fingerprint density at radius 1 is 1.28 bits per heavy atom. The fraction of sp³-hybridized carbons (Fsp3) is 0.500. The molecule has 2 aliphatic rings. The number of ether oxygens (including phenoxy) is 1. The number of hydrogen-bond donors (Lipinski definition) is 2. The summed E-state index contributed by atoms with van der Waals surface area (Å²) in [5.74, 6) is -1.28. The molecule has 1 saturated heterocycles. The van der Waals surface area contributed by atoms with Crippen LogP contribution in [0.3, 0.4) is 0 Å². The van der Waals surface area contributed by atoms with Gasteiger partial charge in [-0.1, -0.05) is 11.8 Å². The molecule has 1 aliphatic carbocycles. The first kappa shape index (κ1) is 17.9. The Hall–Kier alpha value is -1.87. The number of aryl methyl sites for hydroxylation is 1. The van der Waals surface area contributed by atoms with E-state index in [1.807, 2.05) is 0 Å². The Morgan fingerprint density at radius 2 is 2.04 bits per heavy atom. The van der Waals surface area contributed by atoms with Gasteiger partial charge in [-0.25, -0.2) is 4.79 Å². The first-order valence-electron chi connectivity index (χ1n) is 8.12. The van der Waals surface area contributed by atoms with Gasteiger partial charge in [-0.15, -0.1) is 11.3 Å². The molecule has 2 heterocycles. The molecule has 0 saturated carbocycles. The summed E-state index contributed by atoms with van der Waals surface area (Å²) in [6, 6.07) is 0. The molecule has 3 rings (SSSR count). The zero-order valence-corrected chi connectivity index (χ0v) is 15.3. The van der Waals surface area contributed by atoms with Gasteiger partial charge in [-0.2, -0.15) is 0 Å². The molecule has 2 N–H and O–H groups in total. The van der Waals surface area contributed by atoms with Crippen LogP contribution >= 0.6 is 23.1 Å². The van der Waals surface area contributed by atoms with Crippen LogP contribution in [-0.4, -0.2) is 34.9 Å². The molecule has 1 atom stereocenters. The number of imide groups is 1. The van der Waals surface area contributed by atoms with Crippen molar-refractivity contribution < 1.29 is 23.9 Å². The second kappa shape index (κ2) is 7.57. The van der Waals surface area contributed by atoms with Gasteiger partial charge in [0.05, 0.1) is 12.2 Å². The number of rotatable bonds is 5. The molecule has 0 bridgehead atoms. The number of amides is 3. The predicted octanol–water partition coefficient (Wildman–Crippen LogP) is 2.48. The molecular formula is C16H18N2O5S2. The normalized spacial score (nSPS) is 19.3. The molecular weight excluding hydrogens is 364 g/mol. The lowest BCUT2D eigenvalue weighted by molar-refractivity contribution is -0.122. The molecule has 0 radical (unpaired) electrons. The van der Waals surface area contributed by atoms with E-state index in [0.717, 1.165) is 47.9 Å². The third-order valence-corrected chi connectivity index (χ3v) is 6.23. The van der Waals surface area contributed by atoms with Crippen LogP contribution in [0.15, 0.2) is 0 Å². The van der Waals surface area contributed by atoms with Gasteiger partial charge in [-0.3, -0.25) is 19.7 Å².